The molecule has 0 spiro atoms. The van der Waals surface area contributed by atoms with Crippen molar-refractivity contribution in [3.63, 3.8) is 0 Å². The molecule has 0 amide bonds. The van der Waals surface area contributed by atoms with Gasteiger partial charge in [0.2, 0.25) is 0 Å². The van der Waals surface area contributed by atoms with E-state index in [9.17, 15) is 0 Å². The third-order valence-electron chi connectivity index (χ3n) is 3.47. The zero-order valence-electron chi connectivity index (χ0n) is 10.0. The van der Waals surface area contributed by atoms with Gasteiger partial charge < -0.3 is 5.32 Å². The lowest BCUT2D eigenvalue weighted by atomic mass is 9.85. The molecule has 0 radical (unpaired) electrons. The molecule has 0 aliphatic heterocycles. The lowest BCUT2D eigenvalue weighted by Gasteiger charge is -2.27. The molecule has 1 fully saturated rings. The van der Waals surface area contributed by atoms with Crippen LogP contribution in [-0.2, 0) is 0 Å². The van der Waals surface area contributed by atoms with Crippen LogP contribution in [0.15, 0.2) is 0 Å². The Hall–Kier alpha value is -0.0400. The molecule has 1 aliphatic carbocycles. The number of hydrogen-bond acceptors (Lipinski definition) is 1. The van der Waals surface area contributed by atoms with E-state index in [2.05, 4.69) is 19.2 Å². The molecule has 1 atom stereocenters. The Morgan fingerprint density at radius 3 is 2.57 bits per heavy atom. The molecule has 1 aliphatic rings. The summed E-state index contributed by atoms with van der Waals surface area (Å²) in [7, 11) is 0. The zero-order chi connectivity index (χ0) is 10.2. The largest absolute Gasteiger partial charge is 0.314 e. The SMILES string of the molecule is CCCCCCC(C)NCC1CCC1. The highest BCUT2D eigenvalue weighted by atomic mass is 14.9. The van der Waals surface area contributed by atoms with Crippen molar-refractivity contribution in [2.24, 2.45) is 5.92 Å². The Bertz CT molecular complexity index is 129. The standard InChI is InChI=1S/C13H27N/c1-3-4-5-6-8-12(2)14-11-13-9-7-10-13/h12-14H,3-11H2,1-2H3. The van der Waals surface area contributed by atoms with Crippen molar-refractivity contribution in [1.82, 2.24) is 5.32 Å². The molecule has 1 unspecified atom stereocenters. The van der Waals surface area contributed by atoms with E-state index in [0.29, 0.717) is 0 Å². The van der Waals surface area contributed by atoms with Gasteiger partial charge in [0.1, 0.15) is 0 Å². The second-order valence-electron chi connectivity index (χ2n) is 4.96. The molecule has 1 rings (SSSR count). The maximum Gasteiger partial charge on any atom is 0.00388 e. The summed E-state index contributed by atoms with van der Waals surface area (Å²) in [5.74, 6) is 1.01. The highest BCUT2D eigenvalue weighted by Crippen LogP contribution is 2.25. The third-order valence-corrected chi connectivity index (χ3v) is 3.47. The minimum absolute atomic E-state index is 0.743. The summed E-state index contributed by atoms with van der Waals surface area (Å²) < 4.78 is 0. The minimum atomic E-state index is 0.743. The van der Waals surface area contributed by atoms with Crippen LogP contribution < -0.4 is 5.32 Å². The number of hydrogen-bond donors (Lipinski definition) is 1. The second-order valence-corrected chi connectivity index (χ2v) is 4.96. The Morgan fingerprint density at radius 2 is 2.00 bits per heavy atom. The van der Waals surface area contributed by atoms with Crippen molar-refractivity contribution in [1.29, 1.82) is 0 Å². The molecule has 1 heteroatoms. The molecule has 0 heterocycles. The van der Waals surface area contributed by atoms with E-state index >= 15 is 0 Å². The van der Waals surface area contributed by atoms with Crippen LogP contribution in [0.4, 0.5) is 0 Å². The lowest BCUT2D eigenvalue weighted by Crippen LogP contribution is -2.33. The van der Waals surface area contributed by atoms with Crippen molar-refractivity contribution in [2.75, 3.05) is 6.54 Å². The molecule has 0 aromatic rings. The van der Waals surface area contributed by atoms with Crippen molar-refractivity contribution in [3.8, 4) is 0 Å². The maximum atomic E-state index is 3.66. The Labute approximate surface area is 89.7 Å². The predicted molar refractivity (Wildman–Crippen MR) is 63.6 cm³/mol. The molecule has 14 heavy (non-hydrogen) atoms. The monoisotopic (exact) mass is 197 g/mol. The van der Waals surface area contributed by atoms with E-state index in [1.54, 1.807) is 0 Å². The van der Waals surface area contributed by atoms with Gasteiger partial charge in [0.05, 0.1) is 0 Å². The van der Waals surface area contributed by atoms with Crippen LogP contribution in [0.2, 0.25) is 0 Å². The fourth-order valence-electron chi connectivity index (χ4n) is 2.04. The van der Waals surface area contributed by atoms with Crippen LogP contribution in [0.25, 0.3) is 0 Å². The average molecular weight is 197 g/mol. The normalized spacial score (nSPS) is 19.3. The first-order valence-corrected chi connectivity index (χ1v) is 6.56. The van der Waals surface area contributed by atoms with Crippen molar-refractivity contribution in [2.45, 2.75) is 71.3 Å². The third kappa shape index (κ3) is 4.99. The van der Waals surface area contributed by atoms with Crippen LogP contribution in [0.5, 0.6) is 0 Å². The fraction of sp³-hybridized carbons (Fsp3) is 1.00. The molecule has 0 bridgehead atoms. The van der Waals surface area contributed by atoms with Gasteiger partial charge in [-0.2, -0.15) is 0 Å². The highest BCUT2D eigenvalue weighted by molar-refractivity contribution is 4.73. The maximum absolute atomic E-state index is 3.66. The highest BCUT2D eigenvalue weighted by Gasteiger charge is 2.17. The van der Waals surface area contributed by atoms with Gasteiger partial charge in [0.25, 0.3) is 0 Å². The van der Waals surface area contributed by atoms with Gasteiger partial charge in [-0.15, -0.1) is 0 Å². The van der Waals surface area contributed by atoms with E-state index < -0.39 is 0 Å². The van der Waals surface area contributed by atoms with E-state index in [0.717, 1.165) is 12.0 Å². The number of unbranched alkanes of at least 4 members (excludes halogenated alkanes) is 3. The van der Waals surface area contributed by atoms with Crippen molar-refractivity contribution in [3.05, 3.63) is 0 Å². The second kappa shape index (κ2) is 7.28. The molecule has 1 N–H and O–H groups in total. The molecular formula is C13H27N. The summed E-state index contributed by atoms with van der Waals surface area (Å²) in [4.78, 5) is 0. The summed E-state index contributed by atoms with van der Waals surface area (Å²) in [6, 6.07) is 0.743. The molecule has 1 saturated carbocycles. The Kier molecular flexibility index (Phi) is 6.25. The molecule has 0 aromatic heterocycles. The van der Waals surface area contributed by atoms with Crippen LogP contribution in [0, 0.1) is 5.92 Å². The predicted octanol–water partition coefficient (Wildman–Crippen LogP) is 3.74. The van der Waals surface area contributed by atoms with Crippen LogP contribution >= 0.6 is 0 Å². The van der Waals surface area contributed by atoms with E-state index in [1.807, 2.05) is 0 Å². The molecular weight excluding hydrogens is 170 g/mol. The lowest BCUT2D eigenvalue weighted by molar-refractivity contribution is 0.288. The molecule has 1 nitrogen and oxygen atoms in total. The van der Waals surface area contributed by atoms with Crippen molar-refractivity contribution >= 4 is 0 Å². The van der Waals surface area contributed by atoms with Crippen LogP contribution in [-0.4, -0.2) is 12.6 Å². The van der Waals surface area contributed by atoms with Gasteiger partial charge in [-0.3, -0.25) is 0 Å². The minimum Gasteiger partial charge on any atom is -0.314 e. The van der Waals surface area contributed by atoms with Gasteiger partial charge in [-0.05, 0) is 38.6 Å². The average Bonchev–Trinajstić information content (AvgIpc) is 2.10. The van der Waals surface area contributed by atoms with Gasteiger partial charge in [0.15, 0.2) is 0 Å². The summed E-state index contributed by atoms with van der Waals surface area (Å²) in [6.07, 6.45) is 11.4. The Balaban J connectivity index is 1.84. The summed E-state index contributed by atoms with van der Waals surface area (Å²) in [6.45, 7) is 5.89. The summed E-state index contributed by atoms with van der Waals surface area (Å²) in [5.41, 5.74) is 0. The fourth-order valence-corrected chi connectivity index (χ4v) is 2.04. The number of rotatable bonds is 8. The molecule has 0 saturated heterocycles. The topological polar surface area (TPSA) is 12.0 Å². The zero-order valence-corrected chi connectivity index (χ0v) is 10.0. The van der Waals surface area contributed by atoms with E-state index in [-0.39, 0.29) is 0 Å². The Morgan fingerprint density at radius 1 is 1.21 bits per heavy atom. The number of nitrogens with one attached hydrogen (secondary N) is 1. The van der Waals surface area contributed by atoms with Gasteiger partial charge >= 0.3 is 0 Å². The van der Waals surface area contributed by atoms with Crippen LogP contribution in [0.1, 0.15) is 65.2 Å². The first-order chi connectivity index (χ1) is 6.83. The van der Waals surface area contributed by atoms with Crippen LogP contribution in [0.3, 0.4) is 0 Å². The molecule has 0 aromatic carbocycles. The van der Waals surface area contributed by atoms with E-state index in [1.165, 1.54) is 57.9 Å². The first kappa shape index (κ1) is 12.0. The van der Waals surface area contributed by atoms with Crippen molar-refractivity contribution < 1.29 is 0 Å². The van der Waals surface area contributed by atoms with E-state index in [4.69, 9.17) is 0 Å². The van der Waals surface area contributed by atoms with Gasteiger partial charge in [-0.1, -0.05) is 39.0 Å². The van der Waals surface area contributed by atoms with Gasteiger partial charge in [-0.25, -0.2) is 0 Å². The smallest absolute Gasteiger partial charge is 0.00388 e. The quantitative estimate of drug-likeness (QED) is 0.585. The molecule has 84 valence electrons. The first-order valence-electron chi connectivity index (χ1n) is 6.56. The summed E-state index contributed by atoms with van der Waals surface area (Å²) in [5, 5.41) is 3.66. The van der Waals surface area contributed by atoms with Gasteiger partial charge in [0, 0.05) is 6.04 Å². The summed E-state index contributed by atoms with van der Waals surface area (Å²) >= 11 is 0.